The molecule has 2 aliphatic rings. The SMILES string of the molecule is CC(C)(C)[Si](C)(C)OC1CN(C(=O)CN2CCNCC2)C1. The molecule has 6 heteroatoms. The van der Waals surface area contributed by atoms with E-state index in [-0.39, 0.29) is 17.0 Å². The van der Waals surface area contributed by atoms with Crippen LogP contribution in [0.2, 0.25) is 18.1 Å². The summed E-state index contributed by atoms with van der Waals surface area (Å²) in [7, 11) is -1.70. The Morgan fingerprint density at radius 1 is 1.24 bits per heavy atom. The Kier molecular flexibility index (Phi) is 5.13. The Hall–Kier alpha value is -0.433. The number of likely N-dealkylation sites (tertiary alicyclic amines) is 1. The van der Waals surface area contributed by atoms with Crippen LogP contribution >= 0.6 is 0 Å². The maximum Gasteiger partial charge on any atom is 0.236 e. The number of amides is 1. The zero-order chi connectivity index (χ0) is 15.7. The van der Waals surface area contributed by atoms with Gasteiger partial charge in [-0.1, -0.05) is 20.8 Å². The van der Waals surface area contributed by atoms with Crippen LogP contribution in [0.5, 0.6) is 0 Å². The van der Waals surface area contributed by atoms with Crippen LogP contribution in [0.25, 0.3) is 0 Å². The van der Waals surface area contributed by atoms with E-state index in [4.69, 9.17) is 4.43 Å². The minimum atomic E-state index is -1.70. The van der Waals surface area contributed by atoms with E-state index in [9.17, 15) is 4.79 Å². The molecule has 2 aliphatic heterocycles. The lowest BCUT2D eigenvalue weighted by Crippen LogP contribution is -2.61. The predicted molar refractivity (Wildman–Crippen MR) is 88.0 cm³/mol. The van der Waals surface area contributed by atoms with Gasteiger partial charge in [0.05, 0.1) is 12.6 Å². The van der Waals surface area contributed by atoms with Crippen LogP contribution in [-0.2, 0) is 9.22 Å². The lowest BCUT2D eigenvalue weighted by atomic mass is 10.1. The standard InChI is InChI=1S/C15H31N3O2Si/c1-15(2,3)21(4,5)20-13-10-18(11-13)14(19)12-17-8-6-16-7-9-17/h13,16H,6-12H2,1-5H3. The zero-order valence-electron chi connectivity index (χ0n) is 14.2. The van der Waals surface area contributed by atoms with Gasteiger partial charge in [-0.15, -0.1) is 0 Å². The molecule has 0 saturated carbocycles. The molecular formula is C15H31N3O2Si. The number of rotatable bonds is 4. The highest BCUT2D eigenvalue weighted by Crippen LogP contribution is 2.38. The average Bonchev–Trinajstić information content (AvgIpc) is 2.33. The van der Waals surface area contributed by atoms with Crippen molar-refractivity contribution in [3.05, 3.63) is 0 Å². The van der Waals surface area contributed by atoms with Crippen LogP contribution in [-0.4, -0.2) is 75.9 Å². The normalized spacial score (nSPS) is 22.2. The topological polar surface area (TPSA) is 44.8 Å². The minimum Gasteiger partial charge on any atom is -0.410 e. The molecule has 0 radical (unpaired) electrons. The van der Waals surface area contributed by atoms with Crippen molar-refractivity contribution in [1.29, 1.82) is 0 Å². The first-order valence-electron chi connectivity index (χ1n) is 8.08. The third kappa shape index (κ3) is 4.28. The van der Waals surface area contributed by atoms with Gasteiger partial charge in [-0.25, -0.2) is 0 Å². The summed E-state index contributed by atoms with van der Waals surface area (Å²) in [5, 5.41) is 3.54. The van der Waals surface area contributed by atoms with Gasteiger partial charge in [-0.3, -0.25) is 9.69 Å². The first-order chi connectivity index (χ1) is 9.69. The monoisotopic (exact) mass is 313 g/mol. The fourth-order valence-electron chi connectivity index (χ4n) is 2.47. The Labute approximate surface area is 130 Å². The van der Waals surface area contributed by atoms with E-state index in [1.54, 1.807) is 0 Å². The zero-order valence-corrected chi connectivity index (χ0v) is 15.2. The second-order valence-electron chi connectivity index (χ2n) is 7.83. The van der Waals surface area contributed by atoms with Crippen molar-refractivity contribution in [2.75, 3.05) is 45.8 Å². The second kappa shape index (κ2) is 6.36. The number of nitrogens with zero attached hydrogens (tertiary/aromatic N) is 2. The van der Waals surface area contributed by atoms with Crippen LogP contribution in [0.4, 0.5) is 0 Å². The van der Waals surface area contributed by atoms with E-state index in [1.807, 2.05) is 4.90 Å². The fraction of sp³-hybridized carbons (Fsp3) is 0.933. The molecular weight excluding hydrogens is 282 g/mol. The van der Waals surface area contributed by atoms with Crippen LogP contribution in [0.1, 0.15) is 20.8 Å². The molecule has 2 saturated heterocycles. The van der Waals surface area contributed by atoms with Gasteiger partial charge >= 0.3 is 0 Å². The first-order valence-corrected chi connectivity index (χ1v) is 11.0. The van der Waals surface area contributed by atoms with Gasteiger partial charge in [0.1, 0.15) is 0 Å². The maximum atomic E-state index is 12.2. The number of carbonyl (C=O) groups is 1. The predicted octanol–water partition coefficient (Wildman–Crippen LogP) is 1.12. The number of nitrogens with one attached hydrogen (secondary N) is 1. The van der Waals surface area contributed by atoms with E-state index in [1.165, 1.54) is 0 Å². The molecule has 0 spiro atoms. The van der Waals surface area contributed by atoms with Crippen molar-refractivity contribution in [3.63, 3.8) is 0 Å². The van der Waals surface area contributed by atoms with Gasteiger partial charge in [0.25, 0.3) is 0 Å². The van der Waals surface area contributed by atoms with Gasteiger partial charge in [0, 0.05) is 39.3 Å². The van der Waals surface area contributed by atoms with Crippen LogP contribution in [0.3, 0.4) is 0 Å². The van der Waals surface area contributed by atoms with Gasteiger partial charge in [-0.05, 0) is 18.1 Å². The van der Waals surface area contributed by atoms with Crippen molar-refractivity contribution in [3.8, 4) is 0 Å². The van der Waals surface area contributed by atoms with Crippen LogP contribution in [0.15, 0.2) is 0 Å². The Bertz CT molecular complexity index is 370. The molecule has 2 fully saturated rings. The Morgan fingerprint density at radius 2 is 1.81 bits per heavy atom. The quantitative estimate of drug-likeness (QED) is 0.790. The highest BCUT2D eigenvalue weighted by Gasteiger charge is 2.42. The molecule has 0 aliphatic carbocycles. The summed E-state index contributed by atoms with van der Waals surface area (Å²) in [6, 6.07) is 0. The van der Waals surface area contributed by atoms with Crippen LogP contribution in [0, 0.1) is 0 Å². The van der Waals surface area contributed by atoms with Gasteiger partial charge in [0.2, 0.25) is 5.91 Å². The first kappa shape index (κ1) is 16.9. The summed E-state index contributed by atoms with van der Waals surface area (Å²) >= 11 is 0. The van der Waals surface area contributed by atoms with E-state index in [2.05, 4.69) is 44.1 Å². The van der Waals surface area contributed by atoms with Crippen molar-refractivity contribution in [1.82, 2.24) is 15.1 Å². The molecule has 1 N–H and O–H groups in total. The molecule has 5 nitrogen and oxygen atoms in total. The summed E-state index contributed by atoms with van der Waals surface area (Å²) < 4.78 is 6.33. The maximum absolute atomic E-state index is 12.2. The molecule has 21 heavy (non-hydrogen) atoms. The van der Waals surface area contributed by atoms with Gasteiger partial charge in [0.15, 0.2) is 8.32 Å². The number of piperazine rings is 1. The molecule has 1 amide bonds. The molecule has 0 unspecified atom stereocenters. The molecule has 0 bridgehead atoms. The lowest BCUT2D eigenvalue weighted by Gasteiger charge is -2.46. The van der Waals surface area contributed by atoms with Crippen molar-refractivity contribution < 1.29 is 9.22 Å². The third-order valence-electron chi connectivity index (χ3n) is 5.04. The number of carbonyl (C=O) groups excluding carboxylic acids is 1. The van der Waals surface area contributed by atoms with Crippen molar-refractivity contribution in [2.24, 2.45) is 0 Å². The molecule has 0 aromatic rings. The van der Waals surface area contributed by atoms with E-state index < -0.39 is 8.32 Å². The summed E-state index contributed by atoms with van der Waals surface area (Å²) in [5.74, 6) is 0.256. The number of hydrogen-bond acceptors (Lipinski definition) is 4. The summed E-state index contributed by atoms with van der Waals surface area (Å²) in [6.45, 7) is 17.4. The highest BCUT2D eigenvalue weighted by atomic mass is 28.4. The summed E-state index contributed by atoms with van der Waals surface area (Å²) in [5.41, 5.74) is 0. The average molecular weight is 314 g/mol. The van der Waals surface area contributed by atoms with E-state index in [0.717, 1.165) is 39.3 Å². The van der Waals surface area contributed by atoms with Crippen LogP contribution < -0.4 is 5.32 Å². The highest BCUT2D eigenvalue weighted by molar-refractivity contribution is 6.74. The van der Waals surface area contributed by atoms with E-state index >= 15 is 0 Å². The van der Waals surface area contributed by atoms with Crippen molar-refractivity contribution in [2.45, 2.75) is 45.0 Å². The van der Waals surface area contributed by atoms with E-state index in [0.29, 0.717) is 6.54 Å². The number of hydrogen-bond donors (Lipinski definition) is 1. The fourth-order valence-corrected chi connectivity index (χ4v) is 3.81. The Morgan fingerprint density at radius 3 is 2.33 bits per heavy atom. The molecule has 2 heterocycles. The molecule has 122 valence electrons. The smallest absolute Gasteiger partial charge is 0.236 e. The Balaban J connectivity index is 1.72. The van der Waals surface area contributed by atoms with Gasteiger partial charge < -0.3 is 14.6 Å². The van der Waals surface area contributed by atoms with Crippen molar-refractivity contribution >= 4 is 14.2 Å². The second-order valence-corrected chi connectivity index (χ2v) is 12.6. The minimum absolute atomic E-state index is 0.234. The largest absolute Gasteiger partial charge is 0.410 e. The third-order valence-corrected chi connectivity index (χ3v) is 9.57. The lowest BCUT2D eigenvalue weighted by molar-refractivity contribution is -0.141. The molecule has 2 rings (SSSR count). The molecule has 0 aromatic heterocycles. The summed E-state index contributed by atoms with van der Waals surface area (Å²) in [4.78, 5) is 16.4. The molecule has 0 aromatic carbocycles. The van der Waals surface area contributed by atoms with Gasteiger partial charge in [-0.2, -0.15) is 0 Å². The molecule has 0 atom stereocenters. The summed E-state index contributed by atoms with van der Waals surface area (Å²) in [6.07, 6.45) is 0.248.